The Labute approximate surface area is 205 Å². The van der Waals surface area contributed by atoms with E-state index in [1.165, 1.54) is 6.08 Å². The van der Waals surface area contributed by atoms with Gasteiger partial charge in [0.15, 0.2) is 0 Å². The quantitative estimate of drug-likeness (QED) is 0.119. The van der Waals surface area contributed by atoms with Crippen molar-refractivity contribution in [2.45, 2.75) is 25.9 Å². The number of hydroxylamine groups is 1. The number of phenolic OH excluding ortho intramolecular Hbond substituents is 1. The first-order valence-corrected chi connectivity index (χ1v) is 11.5. The number of allylic oxidation sites excluding steroid dienone is 1. The zero-order valence-electron chi connectivity index (χ0n) is 18.0. The molecule has 0 aliphatic heterocycles. The van der Waals surface area contributed by atoms with Gasteiger partial charge in [-0.2, -0.15) is 0 Å². The highest BCUT2D eigenvalue weighted by molar-refractivity contribution is 14.1. The minimum absolute atomic E-state index is 0.0421. The molecule has 0 aliphatic carbocycles. The van der Waals surface area contributed by atoms with E-state index in [0.717, 1.165) is 14.3 Å². The molecule has 8 heteroatoms. The predicted molar refractivity (Wildman–Crippen MR) is 135 cm³/mol. The van der Waals surface area contributed by atoms with Crippen molar-refractivity contribution in [3.05, 3.63) is 81.9 Å². The molecule has 0 spiro atoms. The number of carbonyl (C=O) groups excluding carboxylic acids is 2. The summed E-state index contributed by atoms with van der Waals surface area (Å²) in [4.78, 5) is 24.0. The molecule has 7 nitrogen and oxygen atoms in total. The molecule has 0 bridgehead atoms. The van der Waals surface area contributed by atoms with Gasteiger partial charge in [0.1, 0.15) is 11.9 Å². The molecular weight excluding hydrogens is 535 g/mol. The third kappa shape index (κ3) is 6.69. The van der Waals surface area contributed by atoms with Gasteiger partial charge in [0, 0.05) is 20.6 Å². The molecule has 3 rings (SSSR count). The topological polar surface area (TPSA) is 108 Å². The van der Waals surface area contributed by atoms with Gasteiger partial charge >= 0.3 is 6.09 Å². The summed E-state index contributed by atoms with van der Waals surface area (Å²) >= 11 is 2.14. The van der Waals surface area contributed by atoms with E-state index < -0.39 is 18.1 Å². The molecule has 0 heterocycles. The molecule has 2 amide bonds. The van der Waals surface area contributed by atoms with Gasteiger partial charge in [0.05, 0.1) is 5.69 Å². The third-order valence-corrected chi connectivity index (χ3v) is 5.91. The number of hydrogen-bond donors (Lipinski definition) is 4. The standard InChI is InChI=1S/C25H25IN2O5/c1-16(7-2-5-12-23(30)28-32)24(20-15-18(26)13-14-22(20)29)33-25(31)27-21-11-6-9-17-8-3-4-10-19(17)21/h3-6,8-16,24,29,32H,2,7H2,1H3,(H,27,31)(H,28,30)/b12-5+/t16-,24+/m0/s1. The van der Waals surface area contributed by atoms with E-state index in [2.05, 4.69) is 27.9 Å². The minimum atomic E-state index is -0.713. The lowest BCUT2D eigenvalue weighted by Crippen LogP contribution is -2.22. The van der Waals surface area contributed by atoms with Gasteiger partial charge in [0.25, 0.3) is 5.91 Å². The molecule has 0 fully saturated rings. The Hall–Kier alpha value is -3.11. The fourth-order valence-corrected chi connectivity index (χ4v) is 4.08. The van der Waals surface area contributed by atoms with Crippen LogP contribution >= 0.6 is 22.6 Å². The minimum Gasteiger partial charge on any atom is -0.508 e. The largest absolute Gasteiger partial charge is 0.508 e. The van der Waals surface area contributed by atoms with E-state index in [9.17, 15) is 14.7 Å². The van der Waals surface area contributed by atoms with E-state index in [1.54, 1.807) is 29.8 Å². The monoisotopic (exact) mass is 560 g/mol. The summed E-state index contributed by atoms with van der Waals surface area (Å²) in [5.74, 6) is -0.741. The van der Waals surface area contributed by atoms with Gasteiger partial charge < -0.3 is 9.84 Å². The fourth-order valence-electron chi connectivity index (χ4n) is 3.57. The summed E-state index contributed by atoms with van der Waals surface area (Å²) in [6.07, 6.45) is 2.62. The second-order valence-electron chi connectivity index (χ2n) is 7.61. The van der Waals surface area contributed by atoms with E-state index in [-0.39, 0.29) is 11.7 Å². The Morgan fingerprint density at radius 3 is 2.67 bits per heavy atom. The van der Waals surface area contributed by atoms with Crippen molar-refractivity contribution >= 4 is 51.1 Å². The molecule has 0 saturated carbocycles. The van der Waals surface area contributed by atoms with E-state index >= 15 is 0 Å². The maximum Gasteiger partial charge on any atom is 0.412 e. The van der Waals surface area contributed by atoms with Gasteiger partial charge in [-0.3, -0.25) is 15.3 Å². The van der Waals surface area contributed by atoms with E-state index in [0.29, 0.717) is 24.1 Å². The number of fused-ring (bicyclic) bond motifs is 1. The zero-order valence-corrected chi connectivity index (χ0v) is 20.2. The maximum atomic E-state index is 12.9. The van der Waals surface area contributed by atoms with Crippen molar-refractivity contribution in [3.63, 3.8) is 0 Å². The fraction of sp³-hybridized carbons (Fsp3) is 0.200. The first-order chi connectivity index (χ1) is 15.9. The average molecular weight is 560 g/mol. The van der Waals surface area contributed by atoms with Crippen LogP contribution in [-0.2, 0) is 9.53 Å². The number of amides is 2. The number of hydrogen-bond acceptors (Lipinski definition) is 5. The van der Waals surface area contributed by atoms with Crippen LogP contribution in [0.3, 0.4) is 0 Å². The number of nitrogens with one attached hydrogen (secondary N) is 2. The summed E-state index contributed by atoms with van der Waals surface area (Å²) in [5, 5.41) is 23.8. The molecule has 2 atom stereocenters. The van der Waals surface area contributed by atoms with Crippen molar-refractivity contribution in [2.24, 2.45) is 5.92 Å². The first kappa shape index (κ1) is 24.5. The van der Waals surface area contributed by atoms with Crippen molar-refractivity contribution in [1.82, 2.24) is 5.48 Å². The molecule has 4 N–H and O–H groups in total. The Balaban J connectivity index is 1.79. The van der Waals surface area contributed by atoms with Crippen LogP contribution in [0.4, 0.5) is 10.5 Å². The summed E-state index contributed by atoms with van der Waals surface area (Å²) in [6, 6.07) is 18.5. The van der Waals surface area contributed by atoms with Crippen molar-refractivity contribution < 1.29 is 24.6 Å². The third-order valence-electron chi connectivity index (χ3n) is 5.24. The van der Waals surface area contributed by atoms with Crippen LogP contribution in [0.5, 0.6) is 5.75 Å². The number of phenols is 1. The van der Waals surface area contributed by atoms with Gasteiger partial charge in [0.2, 0.25) is 0 Å². The van der Waals surface area contributed by atoms with Crippen LogP contribution in [0.25, 0.3) is 10.8 Å². The number of benzene rings is 3. The van der Waals surface area contributed by atoms with Crippen LogP contribution < -0.4 is 10.8 Å². The highest BCUT2D eigenvalue weighted by Crippen LogP contribution is 2.36. The Morgan fingerprint density at radius 2 is 1.88 bits per heavy atom. The summed E-state index contributed by atoms with van der Waals surface area (Å²) in [7, 11) is 0. The van der Waals surface area contributed by atoms with Crippen LogP contribution in [0.2, 0.25) is 0 Å². The highest BCUT2D eigenvalue weighted by Gasteiger charge is 2.26. The Kier molecular flexibility index (Phi) is 8.67. The lowest BCUT2D eigenvalue weighted by molar-refractivity contribution is -0.124. The van der Waals surface area contributed by atoms with Gasteiger partial charge in [-0.15, -0.1) is 0 Å². The summed E-state index contributed by atoms with van der Waals surface area (Å²) < 4.78 is 6.73. The van der Waals surface area contributed by atoms with Gasteiger partial charge in [-0.25, -0.2) is 10.3 Å². The van der Waals surface area contributed by atoms with Crippen LogP contribution in [0.1, 0.15) is 31.4 Å². The van der Waals surface area contributed by atoms with Crippen LogP contribution in [0.15, 0.2) is 72.8 Å². The van der Waals surface area contributed by atoms with Crippen molar-refractivity contribution in [1.29, 1.82) is 0 Å². The molecule has 3 aromatic carbocycles. The number of anilines is 1. The van der Waals surface area contributed by atoms with Crippen LogP contribution in [0, 0.1) is 9.49 Å². The summed E-state index contributed by atoms with van der Waals surface area (Å²) in [6.45, 7) is 1.91. The van der Waals surface area contributed by atoms with Gasteiger partial charge in [-0.1, -0.05) is 49.4 Å². The molecule has 172 valence electrons. The number of halogens is 1. The lowest BCUT2D eigenvalue weighted by atomic mass is 9.92. The smallest absolute Gasteiger partial charge is 0.412 e. The lowest BCUT2D eigenvalue weighted by Gasteiger charge is -2.25. The van der Waals surface area contributed by atoms with E-state index in [1.807, 2.05) is 49.4 Å². The summed E-state index contributed by atoms with van der Waals surface area (Å²) in [5.41, 5.74) is 2.69. The van der Waals surface area contributed by atoms with Crippen molar-refractivity contribution in [3.8, 4) is 5.75 Å². The number of carbonyl (C=O) groups is 2. The molecule has 0 unspecified atom stereocenters. The van der Waals surface area contributed by atoms with Gasteiger partial charge in [-0.05, 0) is 71.0 Å². The second-order valence-corrected chi connectivity index (χ2v) is 8.86. The molecule has 0 saturated heterocycles. The molecule has 0 radical (unpaired) electrons. The molecule has 0 aliphatic rings. The molecule has 0 aromatic heterocycles. The molecular formula is C25H25IN2O5. The molecule has 3 aromatic rings. The first-order valence-electron chi connectivity index (χ1n) is 10.4. The molecule has 33 heavy (non-hydrogen) atoms. The number of ether oxygens (including phenoxy) is 1. The normalized spacial score (nSPS) is 12.9. The number of aromatic hydroxyl groups is 1. The Bertz CT molecular complexity index is 1160. The second kappa shape index (κ2) is 11.7. The Morgan fingerprint density at radius 1 is 1.12 bits per heavy atom. The maximum absolute atomic E-state index is 12.9. The predicted octanol–water partition coefficient (Wildman–Crippen LogP) is 5.92. The van der Waals surface area contributed by atoms with E-state index in [4.69, 9.17) is 9.94 Å². The zero-order chi connectivity index (χ0) is 23.8. The number of rotatable bonds is 8. The average Bonchev–Trinajstić information content (AvgIpc) is 2.82. The SMILES string of the molecule is C[C@@H](CC/C=C/C(=O)NO)[C@@H](OC(=O)Nc1cccc2ccccc12)c1cc(I)ccc1O. The van der Waals surface area contributed by atoms with Crippen LogP contribution in [-0.4, -0.2) is 22.3 Å². The van der Waals surface area contributed by atoms with Crippen molar-refractivity contribution in [2.75, 3.05) is 5.32 Å². The highest BCUT2D eigenvalue weighted by atomic mass is 127.